The molecule has 4 heteroatoms. The van der Waals surface area contributed by atoms with E-state index < -0.39 is 7.12 Å². The standard InChI is InChI=1S/C13H16BNO2/c1-15(2)9-11-7-3-5-10-6-4-8-12(13(10)11)14(16)17/h3-8,16-17H,9H2,1-2H3. The Balaban J connectivity index is 2.67. The Hall–Kier alpha value is -1.36. The van der Waals surface area contributed by atoms with Gasteiger partial charge in [0, 0.05) is 6.54 Å². The zero-order chi connectivity index (χ0) is 12.4. The molecule has 0 radical (unpaired) electrons. The van der Waals surface area contributed by atoms with Gasteiger partial charge in [-0.05, 0) is 35.9 Å². The molecule has 17 heavy (non-hydrogen) atoms. The molecule has 2 rings (SSSR count). The molecule has 0 aliphatic heterocycles. The normalized spacial score (nSPS) is 11.1. The minimum atomic E-state index is -1.43. The van der Waals surface area contributed by atoms with Gasteiger partial charge in [-0.3, -0.25) is 0 Å². The Morgan fingerprint density at radius 2 is 1.71 bits per heavy atom. The molecule has 0 saturated heterocycles. The van der Waals surface area contributed by atoms with Crippen LogP contribution < -0.4 is 5.46 Å². The van der Waals surface area contributed by atoms with Gasteiger partial charge in [-0.2, -0.15) is 0 Å². The van der Waals surface area contributed by atoms with E-state index in [-0.39, 0.29) is 0 Å². The average Bonchev–Trinajstić information content (AvgIpc) is 2.27. The maximum absolute atomic E-state index is 9.42. The maximum atomic E-state index is 9.42. The summed E-state index contributed by atoms with van der Waals surface area (Å²) < 4.78 is 0. The van der Waals surface area contributed by atoms with Crippen molar-refractivity contribution in [3.05, 3.63) is 42.0 Å². The molecule has 0 aromatic heterocycles. The van der Waals surface area contributed by atoms with Crippen molar-refractivity contribution in [3.63, 3.8) is 0 Å². The molecule has 0 saturated carbocycles. The van der Waals surface area contributed by atoms with Crippen LogP contribution in [0.15, 0.2) is 36.4 Å². The zero-order valence-electron chi connectivity index (χ0n) is 10.1. The summed E-state index contributed by atoms with van der Waals surface area (Å²) in [7, 11) is 2.56. The lowest BCUT2D eigenvalue weighted by Crippen LogP contribution is -2.31. The van der Waals surface area contributed by atoms with Crippen molar-refractivity contribution in [1.29, 1.82) is 0 Å². The first-order valence-corrected chi connectivity index (χ1v) is 5.61. The average molecular weight is 229 g/mol. The van der Waals surface area contributed by atoms with Gasteiger partial charge in [-0.25, -0.2) is 0 Å². The van der Waals surface area contributed by atoms with E-state index in [2.05, 4.69) is 4.90 Å². The SMILES string of the molecule is CN(C)Cc1cccc2cccc(B(O)O)c12. The van der Waals surface area contributed by atoms with E-state index in [9.17, 15) is 10.0 Å². The first kappa shape index (κ1) is 12.1. The predicted octanol–water partition coefficient (Wildman–Crippen LogP) is 0.581. The van der Waals surface area contributed by atoms with Crippen LogP contribution in [-0.2, 0) is 6.54 Å². The minimum Gasteiger partial charge on any atom is -0.423 e. The summed E-state index contributed by atoms with van der Waals surface area (Å²) in [5.41, 5.74) is 1.68. The number of benzene rings is 2. The summed E-state index contributed by atoms with van der Waals surface area (Å²) in [5.74, 6) is 0. The quantitative estimate of drug-likeness (QED) is 0.756. The highest BCUT2D eigenvalue weighted by Crippen LogP contribution is 2.18. The van der Waals surface area contributed by atoms with Crippen LogP contribution in [0.5, 0.6) is 0 Å². The van der Waals surface area contributed by atoms with E-state index >= 15 is 0 Å². The van der Waals surface area contributed by atoms with E-state index in [1.807, 2.05) is 44.4 Å². The second kappa shape index (κ2) is 4.88. The topological polar surface area (TPSA) is 43.7 Å². The van der Waals surface area contributed by atoms with Crippen molar-refractivity contribution in [2.24, 2.45) is 0 Å². The van der Waals surface area contributed by atoms with Crippen molar-refractivity contribution >= 4 is 23.4 Å². The third-order valence-electron chi connectivity index (χ3n) is 2.79. The lowest BCUT2D eigenvalue weighted by Gasteiger charge is -2.15. The fourth-order valence-corrected chi connectivity index (χ4v) is 2.14. The molecular weight excluding hydrogens is 213 g/mol. The van der Waals surface area contributed by atoms with E-state index in [0.29, 0.717) is 5.46 Å². The largest absolute Gasteiger partial charge is 0.489 e. The molecule has 3 nitrogen and oxygen atoms in total. The third-order valence-corrected chi connectivity index (χ3v) is 2.79. The van der Waals surface area contributed by atoms with Crippen LogP contribution in [0.1, 0.15) is 5.56 Å². The fraction of sp³-hybridized carbons (Fsp3) is 0.231. The Bertz CT molecular complexity index is 521. The van der Waals surface area contributed by atoms with Gasteiger partial charge >= 0.3 is 7.12 Å². The lowest BCUT2D eigenvalue weighted by molar-refractivity contribution is 0.404. The molecule has 0 unspecified atom stereocenters. The Kier molecular flexibility index (Phi) is 3.47. The van der Waals surface area contributed by atoms with Gasteiger partial charge in [0.15, 0.2) is 0 Å². The molecule has 0 bridgehead atoms. The van der Waals surface area contributed by atoms with Gasteiger partial charge in [0.1, 0.15) is 0 Å². The highest BCUT2D eigenvalue weighted by Gasteiger charge is 2.16. The smallest absolute Gasteiger partial charge is 0.423 e. The van der Waals surface area contributed by atoms with E-state index in [1.54, 1.807) is 6.07 Å². The van der Waals surface area contributed by atoms with Crippen LogP contribution in [-0.4, -0.2) is 36.2 Å². The summed E-state index contributed by atoms with van der Waals surface area (Å²) in [5, 5.41) is 20.8. The highest BCUT2D eigenvalue weighted by atomic mass is 16.4. The Morgan fingerprint density at radius 3 is 2.29 bits per heavy atom. The van der Waals surface area contributed by atoms with Crippen molar-refractivity contribution in [2.75, 3.05) is 14.1 Å². The molecule has 0 aliphatic rings. The molecule has 0 atom stereocenters. The molecule has 2 aromatic rings. The van der Waals surface area contributed by atoms with Crippen LogP contribution in [0.4, 0.5) is 0 Å². The van der Waals surface area contributed by atoms with Crippen molar-refractivity contribution in [1.82, 2.24) is 4.90 Å². The maximum Gasteiger partial charge on any atom is 0.489 e. The van der Waals surface area contributed by atoms with Gasteiger partial charge in [0.25, 0.3) is 0 Å². The molecule has 88 valence electrons. The van der Waals surface area contributed by atoms with Gasteiger partial charge in [-0.1, -0.05) is 36.4 Å². The molecule has 0 fully saturated rings. The van der Waals surface area contributed by atoms with E-state index in [4.69, 9.17) is 0 Å². The molecule has 0 spiro atoms. The van der Waals surface area contributed by atoms with Crippen LogP contribution >= 0.6 is 0 Å². The second-order valence-electron chi connectivity index (χ2n) is 4.47. The first-order chi connectivity index (χ1) is 8.09. The van der Waals surface area contributed by atoms with Crippen LogP contribution in [0.3, 0.4) is 0 Å². The zero-order valence-corrected chi connectivity index (χ0v) is 10.1. The highest BCUT2D eigenvalue weighted by molar-refractivity contribution is 6.62. The van der Waals surface area contributed by atoms with Gasteiger partial charge in [0.05, 0.1) is 0 Å². The Morgan fingerprint density at radius 1 is 1.06 bits per heavy atom. The van der Waals surface area contributed by atoms with E-state index in [0.717, 1.165) is 22.9 Å². The monoisotopic (exact) mass is 229 g/mol. The number of hydrogen-bond acceptors (Lipinski definition) is 3. The van der Waals surface area contributed by atoms with Crippen molar-refractivity contribution < 1.29 is 10.0 Å². The summed E-state index contributed by atoms with van der Waals surface area (Å²) >= 11 is 0. The third kappa shape index (κ3) is 2.49. The molecular formula is C13H16BNO2. The number of nitrogens with zero attached hydrogens (tertiary/aromatic N) is 1. The predicted molar refractivity (Wildman–Crippen MR) is 71.2 cm³/mol. The number of fused-ring (bicyclic) bond motifs is 1. The summed E-state index contributed by atoms with van der Waals surface area (Å²) in [6.07, 6.45) is 0. The van der Waals surface area contributed by atoms with Crippen LogP contribution in [0.2, 0.25) is 0 Å². The molecule has 2 N–H and O–H groups in total. The summed E-state index contributed by atoms with van der Waals surface area (Å²) in [4.78, 5) is 2.06. The van der Waals surface area contributed by atoms with Gasteiger partial charge in [0.2, 0.25) is 0 Å². The lowest BCUT2D eigenvalue weighted by atomic mass is 9.76. The van der Waals surface area contributed by atoms with Crippen molar-refractivity contribution in [2.45, 2.75) is 6.54 Å². The van der Waals surface area contributed by atoms with Gasteiger partial charge < -0.3 is 14.9 Å². The summed E-state index contributed by atoms with van der Waals surface area (Å²) in [6.45, 7) is 0.779. The fourth-order valence-electron chi connectivity index (χ4n) is 2.14. The molecule has 0 heterocycles. The first-order valence-electron chi connectivity index (χ1n) is 5.61. The molecule has 0 aliphatic carbocycles. The Labute approximate surface area is 101 Å². The van der Waals surface area contributed by atoms with Gasteiger partial charge in [-0.15, -0.1) is 0 Å². The minimum absolute atomic E-state index is 0.569. The van der Waals surface area contributed by atoms with E-state index in [1.165, 1.54) is 0 Å². The molecule has 2 aromatic carbocycles. The number of hydrogen-bond donors (Lipinski definition) is 2. The van der Waals surface area contributed by atoms with Crippen LogP contribution in [0.25, 0.3) is 10.8 Å². The van der Waals surface area contributed by atoms with Crippen molar-refractivity contribution in [3.8, 4) is 0 Å². The second-order valence-corrected chi connectivity index (χ2v) is 4.47. The number of rotatable bonds is 3. The van der Waals surface area contributed by atoms with Crippen LogP contribution in [0, 0.1) is 0 Å². The molecule has 0 amide bonds. The summed E-state index contributed by atoms with van der Waals surface area (Å²) in [6, 6.07) is 11.6.